The van der Waals surface area contributed by atoms with Gasteiger partial charge in [0, 0.05) is 28.7 Å². The molecule has 3 aliphatic carbocycles. The Bertz CT molecular complexity index is 1150. The summed E-state index contributed by atoms with van der Waals surface area (Å²) in [7, 11) is 0. The number of furan rings is 1. The summed E-state index contributed by atoms with van der Waals surface area (Å²) < 4.78 is 24.0. The molecule has 7 nitrogen and oxygen atoms in total. The van der Waals surface area contributed by atoms with Gasteiger partial charge in [-0.2, -0.15) is 0 Å². The van der Waals surface area contributed by atoms with Crippen LogP contribution in [-0.2, 0) is 28.6 Å². The van der Waals surface area contributed by atoms with Gasteiger partial charge in [-0.3, -0.25) is 9.59 Å². The molecule has 2 saturated carbocycles. The van der Waals surface area contributed by atoms with E-state index in [1.54, 1.807) is 18.6 Å². The molecule has 1 spiro atoms. The molecule has 5 aliphatic rings. The van der Waals surface area contributed by atoms with Crippen LogP contribution < -0.4 is 0 Å². The van der Waals surface area contributed by atoms with Crippen LogP contribution >= 0.6 is 0 Å². The Morgan fingerprint density at radius 2 is 1.83 bits per heavy atom. The van der Waals surface area contributed by atoms with Gasteiger partial charge in [-0.15, -0.1) is 0 Å². The third-order valence-corrected chi connectivity index (χ3v) is 10.8. The standard InChI is InChI=1S/C28H34O7/c1-15(29)33-20-13-18-24(2,3)19(30)8-10-25(18,4)17-7-11-26(5)21(16-9-12-32-14-16)34-23(31)22-28(26,35-22)27(17,20)6/h8-10,12,14,17-18,20-22H,7,11,13H2,1-6H3/t17-,18-,20+,21-,22-,25-,26-,27+,28-/m1/s1. The van der Waals surface area contributed by atoms with Crippen molar-refractivity contribution >= 4 is 17.7 Å². The molecule has 35 heavy (non-hydrogen) atoms. The average molecular weight is 483 g/mol. The highest BCUT2D eigenvalue weighted by Gasteiger charge is 2.88. The lowest BCUT2D eigenvalue weighted by atomic mass is 9.35. The summed E-state index contributed by atoms with van der Waals surface area (Å²) in [4.78, 5) is 38.6. The highest BCUT2D eigenvalue weighted by Crippen LogP contribution is 2.79. The van der Waals surface area contributed by atoms with Gasteiger partial charge in [-0.1, -0.05) is 40.7 Å². The second kappa shape index (κ2) is 6.67. The van der Waals surface area contributed by atoms with Crippen LogP contribution in [0.4, 0.5) is 0 Å². The van der Waals surface area contributed by atoms with Crippen LogP contribution in [0.25, 0.3) is 0 Å². The largest absolute Gasteiger partial charge is 0.472 e. The van der Waals surface area contributed by atoms with E-state index in [0.717, 1.165) is 18.4 Å². The van der Waals surface area contributed by atoms with Crippen molar-refractivity contribution in [1.82, 2.24) is 0 Å². The van der Waals surface area contributed by atoms with Crippen LogP contribution in [0.2, 0.25) is 0 Å². The third kappa shape index (κ3) is 2.48. The van der Waals surface area contributed by atoms with Crippen molar-refractivity contribution < 1.29 is 33.0 Å². The number of hydrogen-bond donors (Lipinski definition) is 0. The normalized spacial score (nSPS) is 49.1. The third-order valence-electron chi connectivity index (χ3n) is 10.8. The molecule has 3 heterocycles. The molecule has 188 valence electrons. The molecule has 0 amide bonds. The van der Waals surface area contributed by atoms with Gasteiger partial charge in [0.2, 0.25) is 0 Å². The lowest BCUT2D eigenvalue weighted by Crippen LogP contribution is -2.72. The molecular formula is C28H34O7. The first-order chi connectivity index (χ1) is 16.3. The van der Waals surface area contributed by atoms with Gasteiger partial charge in [-0.05, 0) is 48.7 Å². The average Bonchev–Trinajstić information content (AvgIpc) is 3.35. The van der Waals surface area contributed by atoms with E-state index in [0.29, 0.717) is 6.42 Å². The van der Waals surface area contributed by atoms with Crippen molar-refractivity contribution in [2.75, 3.05) is 0 Å². The Labute approximate surface area is 205 Å². The number of allylic oxidation sites excluding steroid dienone is 2. The van der Waals surface area contributed by atoms with Gasteiger partial charge < -0.3 is 18.6 Å². The van der Waals surface area contributed by atoms with E-state index < -0.39 is 40.2 Å². The van der Waals surface area contributed by atoms with Gasteiger partial charge >= 0.3 is 11.9 Å². The van der Waals surface area contributed by atoms with Gasteiger partial charge in [-0.25, -0.2) is 4.79 Å². The van der Waals surface area contributed by atoms with Crippen molar-refractivity contribution in [1.29, 1.82) is 0 Å². The molecule has 1 aromatic rings. The zero-order valence-corrected chi connectivity index (χ0v) is 21.3. The minimum atomic E-state index is -0.853. The van der Waals surface area contributed by atoms with Crippen molar-refractivity contribution in [3.8, 4) is 0 Å². The van der Waals surface area contributed by atoms with E-state index in [4.69, 9.17) is 18.6 Å². The summed E-state index contributed by atoms with van der Waals surface area (Å²) in [6.45, 7) is 12.0. The Kier molecular flexibility index (Phi) is 4.38. The van der Waals surface area contributed by atoms with Gasteiger partial charge in [0.1, 0.15) is 17.8 Å². The SMILES string of the molecule is CC(=O)O[C@H]1C[C@@H]2C(C)(C)C(=O)C=C[C@]2(C)[C@H]2CC[C@]3(C)[C@@H](c4ccoc4)OC(=O)[C@H]4O[C@]43[C@]12C. The fourth-order valence-electron chi connectivity index (χ4n) is 9.20. The van der Waals surface area contributed by atoms with Gasteiger partial charge in [0.05, 0.1) is 12.5 Å². The van der Waals surface area contributed by atoms with Crippen molar-refractivity contribution in [2.24, 2.45) is 33.5 Å². The number of epoxide rings is 1. The zero-order valence-electron chi connectivity index (χ0n) is 21.3. The molecule has 1 aromatic heterocycles. The monoisotopic (exact) mass is 482 g/mol. The fraction of sp³-hybridized carbons (Fsp3) is 0.679. The summed E-state index contributed by atoms with van der Waals surface area (Å²) in [6.07, 6.45) is 7.46. The molecule has 0 N–H and O–H groups in total. The number of hydrogen-bond acceptors (Lipinski definition) is 7. The Hall–Kier alpha value is -2.41. The van der Waals surface area contributed by atoms with E-state index in [-0.39, 0.29) is 35.0 Å². The molecule has 0 unspecified atom stereocenters. The Morgan fingerprint density at radius 3 is 2.49 bits per heavy atom. The van der Waals surface area contributed by atoms with E-state index >= 15 is 0 Å². The van der Waals surface area contributed by atoms with E-state index in [1.165, 1.54) is 6.92 Å². The summed E-state index contributed by atoms with van der Waals surface area (Å²) in [5.74, 6) is -0.603. The molecule has 0 bridgehead atoms. The molecule has 7 heteroatoms. The molecule has 2 saturated heterocycles. The minimum Gasteiger partial charge on any atom is -0.472 e. The number of esters is 2. The van der Waals surface area contributed by atoms with Crippen LogP contribution in [0, 0.1) is 33.5 Å². The first-order valence-electron chi connectivity index (χ1n) is 12.7. The second-order valence-electron chi connectivity index (χ2n) is 12.6. The molecule has 9 atom stereocenters. The van der Waals surface area contributed by atoms with Crippen LogP contribution in [0.5, 0.6) is 0 Å². The number of rotatable bonds is 2. The summed E-state index contributed by atoms with van der Waals surface area (Å²) in [6, 6.07) is 1.84. The zero-order chi connectivity index (χ0) is 25.2. The maximum absolute atomic E-state index is 13.2. The lowest BCUT2D eigenvalue weighted by molar-refractivity contribution is -0.251. The number of ether oxygens (including phenoxy) is 3. The topological polar surface area (TPSA) is 95.3 Å². The van der Waals surface area contributed by atoms with Crippen molar-refractivity contribution in [2.45, 2.75) is 84.7 Å². The predicted octanol–water partition coefficient (Wildman–Crippen LogP) is 4.56. The molecule has 0 radical (unpaired) electrons. The van der Waals surface area contributed by atoms with Crippen LogP contribution in [0.1, 0.15) is 72.5 Å². The minimum absolute atomic E-state index is 0.00639. The number of fused-ring (bicyclic) bond motifs is 3. The fourth-order valence-corrected chi connectivity index (χ4v) is 9.20. The number of cyclic esters (lactones) is 1. The highest BCUT2D eigenvalue weighted by atomic mass is 16.7. The molecule has 2 aliphatic heterocycles. The van der Waals surface area contributed by atoms with Crippen LogP contribution in [0.15, 0.2) is 35.2 Å². The van der Waals surface area contributed by atoms with Crippen molar-refractivity contribution in [3.05, 3.63) is 36.3 Å². The highest BCUT2D eigenvalue weighted by molar-refractivity contribution is 5.95. The molecular weight excluding hydrogens is 448 g/mol. The van der Waals surface area contributed by atoms with Gasteiger partial charge in [0.15, 0.2) is 11.9 Å². The molecule has 0 aromatic carbocycles. The maximum Gasteiger partial charge on any atom is 0.339 e. The van der Waals surface area contributed by atoms with Crippen molar-refractivity contribution in [3.63, 3.8) is 0 Å². The molecule has 4 fully saturated rings. The predicted molar refractivity (Wildman–Crippen MR) is 124 cm³/mol. The van der Waals surface area contributed by atoms with E-state index in [9.17, 15) is 14.4 Å². The summed E-state index contributed by atoms with van der Waals surface area (Å²) in [5, 5.41) is 0. The Balaban J connectivity index is 1.55. The maximum atomic E-state index is 13.2. The first kappa shape index (κ1) is 23.0. The second-order valence-corrected chi connectivity index (χ2v) is 12.6. The Morgan fingerprint density at radius 1 is 1.09 bits per heavy atom. The molecule has 6 rings (SSSR count). The summed E-state index contributed by atoms with van der Waals surface area (Å²) in [5.41, 5.74) is -2.15. The van der Waals surface area contributed by atoms with Crippen LogP contribution in [0.3, 0.4) is 0 Å². The summed E-state index contributed by atoms with van der Waals surface area (Å²) >= 11 is 0. The number of carbonyl (C=O) groups is 3. The first-order valence-corrected chi connectivity index (χ1v) is 12.7. The smallest absolute Gasteiger partial charge is 0.339 e. The van der Waals surface area contributed by atoms with Crippen LogP contribution in [-0.4, -0.2) is 35.5 Å². The number of ketones is 1. The number of carbonyl (C=O) groups excluding carboxylic acids is 3. The quantitative estimate of drug-likeness (QED) is 0.450. The lowest BCUT2D eigenvalue weighted by Gasteiger charge is -2.68. The van der Waals surface area contributed by atoms with E-state index in [2.05, 4.69) is 26.8 Å². The van der Waals surface area contributed by atoms with Gasteiger partial charge in [0.25, 0.3) is 0 Å². The van der Waals surface area contributed by atoms with E-state index in [1.807, 2.05) is 19.9 Å².